The zero-order chi connectivity index (χ0) is 14.3. The van der Waals surface area contributed by atoms with Crippen LogP contribution >= 0.6 is 0 Å². The molecule has 1 aromatic carbocycles. The summed E-state index contributed by atoms with van der Waals surface area (Å²) < 4.78 is 0. The number of nitrogens with zero attached hydrogens (tertiary/aromatic N) is 1. The number of benzene rings is 1. The van der Waals surface area contributed by atoms with Gasteiger partial charge in [-0.3, -0.25) is 4.79 Å². The number of hydrogen-bond acceptors (Lipinski definition) is 2. The maximum Gasteiger partial charge on any atom is 0.253 e. The minimum absolute atomic E-state index is 0.0647. The standard InChI is InChI=1S/C16H22N2O/c1-4-5-11-18(3)16(19)15-9-8-14(7-6-10-17)13(2)12-15/h8-9,12H,4-5,10-11,17H2,1-3H3. The maximum atomic E-state index is 12.2. The van der Waals surface area contributed by atoms with Gasteiger partial charge in [0.1, 0.15) is 0 Å². The lowest BCUT2D eigenvalue weighted by atomic mass is 10.0. The van der Waals surface area contributed by atoms with Gasteiger partial charge in [-0.1, -0.05) is 25.2 Å². The summed E-state index contributed by atoms with van der Waals surface area (Å²) >= 11 is 0. The monoisotopic (exact) mass is 258 g/mol. The third kappa shape index (κ3) is 4.42. The molecule has 0 radical (unpaired) electrons. The SMILES string of the molecule is CCCCN(C)C(=O)c1ccc(C#CCN)c(C)c1. The first-order valence-electron chi connectivity index (χ1n) is 6.65. The largest absolute Gasteiger partial charge is 0.342 e. The number of amides is 1. The average Bonchev–Trinajstić information content (AvgIpc) is 2.42. The fourth-order valence-corrected chi connectivity index (χ4v) is 1.80. The van der Waals surface area contributed by atoms with E-state index in [1.807, 2.05) is 32.2 Å². The van der Waals surface area contributed by atoms with E-state index in [9.17, 15) is 4.79 Å². The number of hydrogen-bond donors (Lipinski definition) is 1. The molecule has 3 nitrogen and oxygen atoms in total. The molecule has 0 aliphatic rings. The minimum atomic E-state index is 0.0647. The molecular formula is C16H22N2O. The Balaban J connectivity index is 2.85. The van der Waals surface area contributed by atoms with Gasteiger partial charge in [-0.05, 0) is 37.1 Å². The molecule has 0 saturated heterocycles. The summed E-state index contributed by atoms with van der Waals surface area (Å²) in [5.41, 5.74) is 8.01. The van der Waals surface area contributed by atoms with Crippen molar-refractivity contribution < 1.29 is 4.79 Å². The second-order valence-electron chi connectivity index (χ2n) is 4.62. The van der Waals surface area contributed by atoms with Crippen LogP contribution in [0.25, 0.3) is 0 Å². The molecule has 0 aromatic heterocycles. The van der Waals surface area contributed by atoms with Crippen molar-refractivity contribution >= 4 is 5.91 Å². The number of aryl methyl sites for hydroxylation is 1. The van der Waals surface area contributed by atoms with Gasteiger partial charge in [-0.15, -0.1) is 0 Å². The normalized spacial score (nSPS) is 9.68. The number of unbranched alkanes of at least 4 members (excludes halogenated alkanes) is 1. The van der Waals surface area contributed by atoms with Crippen LogP contribution < -0.4 is 5.73 Å². The van der Waals surface area contributed by atoms with Crippen molar-refractivity contribution in [3.05, 3.63) is 34.9 Å². The molecule has 0 aliphatic heterocycles. The number of nitrogens with two attached hydrogens (primary N) is 1. The Morgan fingerprint density at radius 2 is 2.16 bits per heavy atom. The highest BCUT2D eigenvalue weighted by Crippen LogP contribution is 2.12. The van der Waals surface area contributed by atoms with Gasteiger partial charge in [0.15, 0.2) is 0 Å². The van der Waals surface area contributed by atoms with Crippen molar-refractivity contribution in [3.8, 4) is 11.8 Å². The van der Waals surface area contributed by atoms with E-state index in [0.29, 0.717) is 6.54 Å². The number of carbonyl (C=O) groups excluding carboxylic acids is 1. The van der Waals surface area contributed by atoms with Crippen LogP contribution in [-0.4, -0.2) is 30.9 Å². The van der Waals surface area contributed by atoms with Gasteiger partial charge in [-0.25, -0.2) is 0 Å². The van der Waals surface area contributed by atoms with Gasteiger partial charge in [0, 0.05) is 24.7 Å². The molecule has 0 fully saturated rings. The first-order valence-corrected chi connectivity index (χ1v) is 6.65. The summed E-state index contributed by atoms with van der Waals surface area (Å²) in [7, 11) is 1.84. The summed E-state index contributed by atoms with van der Waals surface area (Å²) in [6.45, 7) is 5.22. The Hall–Kier alpha value is -1.79. The molecule has 0 atom stereocenters. The van der Waals surface area contributed by atoms with Crippen LogP contribution in [0.4, 0.5) is 0 Å². The second kappa shape index (κ2) is 7.60. The molecule has 0 heterocycles. The highest BCUT2D eigenvalue weighted by molar-refractivity contribution is 5.94. The van der Waals surface area contributed by atoms with Crippen molar-refractivity contribution in [3.63, 3.8) is 0 Å². The van der Waals surface area contributed by atoms with Crippen molar-refractivity contribution in [2.45, 2.75) is 26.7 Å². The fraction of sp³-hybridized carbons (Fsp3) is 0.438. The molecule has 2 N–H and O–H groups in total. The summed E-state index contributed by atoms with van der Waals surface area (Å²) in [5.74, 6) is 5.89. The third-order valence-electron chi connectivity index (χ3n) is 2.99. The van der Waals surface area contributed by atoms with Gasteiger partial charge in [-0.2, -0.15) is 0 Å². The Bertz CT molecular complexity index is 497. The van der Waals surface area contributed by atoms with Crippen LogP contribution in [0.5, 0.6) is 0 Å². The molecule has 0 bridgehead atoms. The lowest BCUT2D eigenvalue weighted by Gasteiger charge is -2.17. The molecule has 3 heteroatoms. The first kappa shape index (κ1) is 15.3. The van der Waals surface area contributed by atoms with Crippen molar-refractivity contribution in [2.24, 2.45) is 5.73 Å². The number of carbonyl (C=O) groups is 1. The van der Waals surface area contributed by atoms with E-state index in [1.54, 1.807) is 4.90 Å². The maximum absolute atomic E-state index is 12.2. The molecule has 0 aliphatic carbocycles. The minimum Gasteiger partial charge on any atom is -0.342 e. The summed E-state index contributed by atoms with van der Waals surface area (Å²) in [6, 6.07) is 5.61. The smallest absolute Gasteiger partial charge is 0.253 e. The van der Waals surface area contributed by atoms with E-state index in [1.165, 1.54) is 0 Å². The van der Waals surface area contributed by atoms with Crippen LogP contribution in [-0.2, 0) is 0 Å². The predicted octanol–water partition coefficient (Wildman–Crippen LogP) is 2.18. The molecular weight excluding hydrogens is 236 g/mol. The Morgan fingerprint density at radius 1 is 1.42 bits per heavy atom. The molecule has 19 heavy (non-hydrogen) atoms. The molecule has 1 aromatic rings. The third-order valence-corrected chi connectivity index (χ3v) is 2.99. The van der Waals surface area contributed by atoms with Crippen molar-refractivity contribution in [1.29, 1.82) is 0 Å². The lowest BCUT2D eigenvalue weighted by Crippen LogP contribution is -2.27. The zero-order valence-corrected chi connectivity index (χ0v) is 12.0. The lowest BCUT2D eigenvalue weighted by molar-refractivity contribution is 0.0793. The second-order valence-corrected chi connectivity index (χ2v) is 4.62. The highest BCUT2D eigenvalue weighted by atomic mass is 16.2. The van der Waals surface area contributed by atoms with Gasteiger partial charge in [0.25, 0.3) is 5.91 Å². The summed E-state index contributed by atoms with van der Waals surface area (Å²) in [5, 5.41) is 0. The molecule has 1 rings (SSSR count). The quantitative estimate of drug-likeness (QED) is 0.841. The molecule has 0 saturated carbocycles. The molecule has 0 unspecified atom stereocenters. The summed E-state index contributed by atoms with van der Waals surface area (Å²) in [6.07, 6.45) is 2.12. The van der Waals surface area contributed by atoms with Crippen molar-refractivity contribution in [2.75, 3.05) is 20.1 Å². The van der Waals surface area contributed by atoms with Gasteiger partial charge >= 0.3 is 0 Å². The highest BCUT2D eigenvalue weighted by Gasteiger charge is 2.11. The Morgan fingerprint density at radius 3 is 2.74 bits per heavy atom. The van der Waals surface area contributed by atoms with Crippen LogP contribution in [0.1, 0.15) is 41.3 Å². The van der Waals surface area contributed by atoms with E-state index in [-0.39, 0.29) is 5.91 Å². The van der Waals surface area contributed by atoms with Crippen LogP contribution in [0, 0.1) is 18.8 Å². The van der Waals surface area contributed by atoms with Gasteiger partial charge in [0.05, 0.1) is 6.54 Å². The fourth-order valence-electron chi connectivity index (χ4n) is 1.80. The Labute approximate surface area is 115 Å². The van der Waals surface area contributed by atoms with Crippen molar-refractivity contribution in [1.82, 2.24) is 4.90 Å². The zero-order valence-electron chi connectivity index (χ0n) is 12.0. The van der Waals surface area contributed by atoms with Gasteiger partial charge in [0.2, 0.25) is 0 Å². The van der Waals surface area contributed by atoms with Crippen LogP contribution in [0.15, 0.2) is 18.2 Å². The Kier molecular flexibility index (Phi) is 6.11. The number of rotatable bonds is 4. The summed E-state index contributed by atoms with van der Waals surface area (Å²) in [4.78, 5) is 14.0. The van der Waals surface area contributed by atoms with E-state index in [2.05, 4.69) is 18.8 Å². The molecule has 1 amide bonds. The topological polar surface area (TPSA) is 46.3 Å². The van der Waals surface area contributed by atoms with Crippen LogP contribution in [0.2, 0.25) is 0 Å². The van der Waals surface area contributed by atoms with E-state index < -0.39 is 0 Å². The predicted molar refractivity (Wildman–Crippen MR) is 79.0 cm³/mol. The van der Waals surface area contributed by atoms with Crippen LogP contribution in [0.3, 0.4) is 0 Å². The van der Waals surface area contributed by atoms with E-state index >= 15 is 0 Å². The average molecular weight is 258 g/mol. The van der Waals surface area contributed by atoms with E-state index in [4.69, 9.17) is 5.73 Å². The molecule has 0 spiro atoms. The van der Waals surface area contributed by atoms with E-state index in [0.717, 1.165) is 36.1 Å². The molecule has 102 valence electrons. The van der Waals surface area contributed by atoms with Gasteiger partial charge < -0.3 is 10.6 Å². The first-order chi connectivity index (χ1) is 9.10.